The zero-order chi connectivity index (χ0) is 9.84. The van der Waals surface area contributed by atoms with Gasteiger partial charge in [-0.05, 0) is 11.6 Å². The smallest absolute Gasteiger partial charge is 0.341 e. The highest BCUT2D eigenvalue weighted by Gasteiger charge is 2.15. The molecule has 0 aromatic heterocycles. The number of hydrogen-bond donors (Lipinski definition) is 0. The first-order chi connectivity index (χ1) is 6.20. The quantitative estimate of drug-likeness (QED) is 0.544. The van der Waals surface area contributed by atoms with E-state index < -0.39 is 11.8 Å². The summed E-state index contributed by atoms with van der Waals surface area (Å²) in [5.41, 5.74) is 0.355. The van der Waals surface area contributed by atoms with Crippen LogP contribution in [-0.4, -0.2) is 13.1 Å². The molecule has 0 saturated heterocycles. The number of benzene rings is 1. The second-order valence-corrected chi connectivity index (χ2v) is 2.67. The molecular weight excluding hydrogens is 195 g/mol. The van der Waals surface area contributed by atoms with Gasteiger partial charge in [-0.1, -0.05) is 12.1 Å². The highest BCUT2D eigenvalue weighted by atomic mass is 35.5. The predicted octanol–water partition coefficient (Wildman–Crippen LogP) is 2.35. The molecule has 0 aliphatic rings. The van der Waals surface area contributed by atoms with Gasteiger partial charge in [0.05, 0.1) is 12.7 Å². The van der Waals surface area contributed by atoms with E-state index in [1.54, 1.807) is 6.07 Å². The van der Waals surface area contributed by atoms with Crippen LogP contribution in [-0.2, 0) is 10.6 Å². The van der Waals surface area contributed by atoms with Gasteiger partial charge in [-0.25, -0.2) is 9.18 Å². The highest BCUT2D eigenvalue weighted by molar-refractivity contribution is 6.17. The minimum absolute atomic E-state index is 0.0833. The summed E-state index contributed by atoms with van der Waals surface area (Å²) in [5, 5.41) is 0. The lowest BCUT2D eigenvalue weighted by atomic mass is 10.1. The summed E-state index contributed by atoms with van der Waals surface area (Å²) in [4.78, 5) is 11.1. The summed E-state index contributed by atoms with van der Waals surface area (Å²) in [7, 11) is 1.20. The number of alkyl halides is 1. The third-order valence-corrected chi connectivity index (χ3v) is 1.92. The first-order valence-electron chi connectivity index (χ1n) is 3.62. The Morgan fingerprint density at radius 1 is 1.62 bits per heavy atom. The molecule has 13 heavy (non-hydrogen) atoms. The van der Waals surface area contributed by atoms with E-state index in [-0.39, 0.29) is 11.4 Å². The van der Waals surface area contributed by atoms with Gasteiger partial charge in [0.2, 0.25) is 0 Å². The number of esters is 1. The maximum atomic E-state index is 13.1. The topological polar surface area (TPSA) is 26.3 Å². The molecule has 0 radical (unpaired) electrons. The molecule has 70 valence electrons. The molecule has 4 heteroatoms. The molecule has 1 rings (SSSR count). The van der Waals surface area contributed by atoms with Crippen LogP contribution in [0.2, 0.25) is 0 Å². The molecule has 0 unspecified atom stereocenters. The lowest BCUT2D eigenvalue weighted by Gasteiger charge is -2.05. The van der Waals surface area contributed by atoms with Crippen molar-refractivity contribution in [2.24, 2.45) is 0 Å². The molecule has 0 amide bonds. The first kappa shape index (κ1) is 9.99. The van der Waals surface area contributed by atoms with Crippen LogP contribution in [0.15, 0.2) is 18.2 Å². The summed E-state index contributed by atoms with van der Waals surface area (Å²) in [6, 6.07) is 4.28. The van der Waals surface area contributed by atoms with Gasteiger partial charge in [0.1, 0.15) is 5.82 Å². The standard InChI is InChI=1S/C9H8ClFO2/c1-13-9(12)8-6(5-10)3-2-4-7(8)11/h2-4H,5H2,1H3. The molecule has 0 saturated carbocycles. The van der Waals surface area contributed by atoms with Crippen LogP contribution in [0.1, 0.15) is 15.9 Å². The third kappa shape index (κ3) is 1.98. The zero-order valence-electron chi connectivity index (χ0n) is 7.01. The highest BCUT2D eigenvalue weighted by Crippen LogP contribution is 2.16. The van der Waals surface area contributed by atoms with Crippen LogP contribution in [0.25, 0.3) is 0 Å². The fourth-order valence-corrected chi connectivity index (χ4v) is 1.23. The molecule has 0 aliphatic heterocycles. The molecule has 2 nitrogen and oxygen atoms in total. The lowest BCUT2D eigenvalue weighted by molar-refractivity contribution is 0.0594. The minimum atomic E-state index is -0.700. The molecule has 0 bridgehead atoms. The molecule has 0 spiro atoms. The van der Waals surface area contributed by atoms with Crippen LogP contribution >= 0.6 is 11.6 Å². The Balaban J connectivity index is 3.22. The van der Waals surface area contributed by atoms with E-state index in [1.165, 1.54) is 19.2 Å². The van der Waals surface area contributed by atoms with Crippen molar-refractivity contribution in [1.29, 1.82) is 0 Å². The molecule has 1 aromatic carbocycles. The van der Waals surface area contributed by atoms with Crippen LogP contribution in [0.5, 0.6) is 0 Å². The number of ether oxygens (including phenoxy) is 1. The number of carbonyl (C=O) groups excluding carboxylic acids is 1. The van der Waals surface area contributed by atoms with Gasteiger partial charge in [-0.15, -0.1) is 11.6 Å². The summed E-state index contributed by atoms with van der Waals surface area (Å²) < 4.78 is 17.5. The Kier molecular flexibility index (Phi) is 3.25. The SMILES string of the molecule is COC(=O)c1c(F)cccc1CCl. The largest absolute Gasteiger partial charge is 0.465 e. The number of methoxy groups -OCH3 is 1. The summed E-state index contributed by atoms with van der Waals surface area (Å²) >= 11 is 5.53. The van der Waals surface area contributed by atoms with Gasteiger partial charge in [0.15, 0.2) is 0 Å². The van der Waals surface area contributed by atoms with Gasteiger partial charge >= 0.3 is 5.97 Å². The van der Waals surface area contributed by atoms with E-state index in [0.29, 0.717) is 5.56 Å². The first-order valence-corrected chi connectivity index (χ1v) is 4.15. The van der Waals surface area contributed by atoms with Crippen LogP contribution in [0.4, 0.5) is 4.39 Å². The average molecular weight is 203 g/mol. The fourth-order valence-electron chi connectivity index (χ4n) is 1.01. The Morgan fingerprint density at radius 2 is 2.31 bits per heavy atom. The van der Waals surface area contributed by atoms with Crippen molar-refractivity contribution < 1.29 is 13.9 Å². The van der Waals surface area contributed by atoms with Gasteiger partial charge < -0.3 is 4.74 Å². The Hall–Kier alpha value is -1.09. The normalized spacial score (nSPS) is 9.77. The van der Waals surface area contributed by atoms with E-state index in [4.69, 9.17) is 11.6 Å². The summed E-state index contributed by atoms with van der Waals surface area (Å²) in [6.07, 6.45) is 0. The predicted molar refractivity (Wildman–Crippen MR) is 47.3 cm³/mol. The van der Waals surface area contributed by atoms with Crippen molar-refractivity contribution in [3.05, 3.63) is 35.1 Å². The molecule has 0 atom stereocenters. The minimum Gasteiger partial charge on any atom is -0.465 e. The summed E-state index contributed by atoms with van der Waals surface area (Å²) in [6.45, 7) is 0. The van der Waals surface area contributed by atoms with E-state index in [0.717, 1.165) is 0 Å². The molecular formula is C9H8ClFO2. The van der Waals surface area contributed by atoms with Gasteiger partial charge in [0, 0.05) is 5.88 Å². The van der Waals surface area contributed by atoms with Crippen molar-refractivity contribution >= 4 is 17.6 Å². The van der Waals surface area contributed by atoms with Crippen molar-refractivity contribution in [2.75, 3.05) is 7.11 Å². The maximum absolute atomic E-state index is 13.1. The number of carbonyl (C=O) groups is 1. The molecule has 0 heterocycles. The van der Waals surface area contributed by atoms with E-state index >= 15 is 0 Å². The molecule has 0 fully saturated rings. The molecule has 1 aromatic rings. The van der Waals surface area contributed by atoms with Gasteiger partial charge in [0.25, 0.3) is 0 Å². The average Bonchev–Trinajstić information content (AvgIpc) is 2.16. The van der Waals surface area contributed by atoms with Gasteiger partial charge in [-0.2, -0.15) is 0 Å². The Labute approximate surface area is 80.3 Å². The second-order valence-electron chi connectivity index (χ2n) is 2.40. The van der Waals surface area contributed by atoms with Crippen molar-refractivity contribution in [3.63, 3.8) is 0 Å². The van der Waals surface area contributed by atoms with Gasteiger partial charge in [-0.3, -0.25) is 0 Å². The van der Waals surface area contributed by atoms with Crippen molar-refractivity contribution in [2.45, 2.75) is 5.88 Å². The zero-order valence-corrected chi connectivity index (χ0v) is 7.77. The van der Waals surface area contributed by atoms with E-state index in [2.05, 4.69) is 4.74 Å². The Morgan fingerprint density at radius 3 is 2.85 bits per heavy atom. The van der Waals surface area contributed by atoms with Crippen molar-refractivity contribution in [1.82, 2.24) is 0 Å². The molecule has 0 aliphatic carbocycles. The van der Waals surface area contributed by atoms with Crippen LogP contribution in [0, 0.1) is 5.82 Å². The van der Waals surface area contributed by atoms with E-state index in [1.807, 2.05) is 0 Å². The number of halogens is 2. The van der Waals surface area contributed by atoms with E-state index in [9.17, 15) is 9.18 Å². The fraction of sp³-hybridized carbons (Fsp3) is 0.222. The van der Waals surface area contributed by atoms with Crippen molar-refractivity contribution in [3.8, 4) is 0 Å². The van der Waals surface area contributed by atoms with Crippen LogP contribution in [0.3, 0.4) is 0 Å². The lowest BCUT2D eigenvalue weighted by Crippen LogP contribution is -2.07. The monoisotopic (exact) mass is 202 g/mol. The maximum Gasteiger partial charge on any atom is 0.341 e. The summed E-state index contributed by atoms with van der Waals surface area (Å²) in [5.74, 6) is -1.22. The number of hydrogen-bond acceptors (Lipinski definition) is 2. The second kappa shape index (κ2) is 4.23. The molecule has 0 N–H and O–H groups in total. The Bertz CT molecular complexity index is 325. The van der Waals surface area contributed by atoms with Crippen LogP contribution < -0.4 is 0 Å². The third-order valence-electron chi connectivity index (χ3n) is 1.63. The number of rotatable bonds is 2.